The molecule has 4 heteroatoms. The van der Waals surface area contributed by atoms with Crippen LogP contribution in [0.5, 0.6) is 0 Å². The first kappa shape index (κ1) is 13.9. The van der Waals surface area contributed by atoms with Gasteiger partial charge in [0.2, 0.25) is 0 Å². The molecular formula is C5H10CsNS2. The summed E-state index contributed by atoms with van der Waals surface area (Å²) in [6.45, 7) is 5.94. The van der Waals surface area contributed by atoms with Gasteiger partial charge in [-0.05, 0) is 4.32 Å². The minimum atomic E-state index is -0.0706. The topological polar surface area (TPSA) is 14.1 Å². The van der Waals surface area contributed by atoms with Crippen LogP contribution in [0.25, 0.3) is 5.32 Å². The quantitative estimate of drug-likeness (QED) is 0.461. The summed E-state index contributed by atoms with van der Waals surface area (Å²) in [6, 6.07) is 0. The average Bonchev–Trinajstić information content (AvgIpc) is 1.21. The van der Waals surface area contributed by atoms with Crippen molar-refractivity contribution < 1.29 is 68.9 Å². The van der Waals surface area contributed by atoms with Gasteiger partial charge >= 0.3 is 68.9 Å². The molecule has 1 nitrogen and oxygen atoms in total. The zero-order valence-corrected chi connectivity index (χ0v) is 14.3. The number of hydrogen-bond acceptors (Lipinski definition) is 1. The monoisotopic (exact) mass is 281 g/mol. The molecule has 0 aromatic heterocycles. The summed E-state index contributed by atoms with van der Waals surface area (Å²) in [6.07, 6.45) is 0. The van der Waals surface area contributed by atoms with Gasteiger partial charge in [0.15, 0.2) is 0 Å². The van der Waals surface area contributed by atoms with Gasteiger partial charge in [-0.3, -0.25) is 0 Å². The molecule has 0 aromatic carbocycles. The molecule has 0 spiro atoms. The molecule has 0 N–H and O–H groups in total. The maximum Gasteiger partial charge on any atom is 1.00 e. The van der Waals surface area contributed by atoms with Gasteiger partial charge in [0.05, 0.1) is 0 Å². The van der Waals surface area contributed by atoms with Gasteiger partial charge in [0.1, 0.15) is 0 Å². The summed E-state index contributed by atoms with van der Waals surface area (Å²) in [5.74, 6) is 0. The molecule has 0 aromatic rings. The molecule has 0 aliphatic carbocycles. The molecular weight excluding hydrogens is 271 g/mol. The largest absolute Gasteiger partial charge is 1.00 e. The van der Waals surface area contributed by atoms with Crippen LogP contribution < -0.4 is 68.9 Å². The van der Waals surface area contributed by atoms with E-state index in [4.69, 9.17) is 0 Å². The Balaban J connectivity index is 0. The van der Waals surface area contributed by atoms with Crippen LogP contribution in [0.15, 0.2) is 0 Å². The molecule has 9 heavy (non-hydrogen) atoms. The molecule has 0 atom stereocenters. The van der Waals surface area contributed by atoms with Crippen molar-refractivity contribution in [1.82, 2.24) is 0 Å². The molecule has 0 aliphatic heterocycles. The first-order valence-electron chi connectivity index (χ1n) is 2.37. The van der Waals surface area contributed by atoms with E-state index in [2.05, 4.69) is 30.2 Å². The van der Waals surface area contributed by atoms with E-state index in [1.165, 1.54) is 0 Å². The van der Waals surface area contributed by atoms with E-state index in [1.54, 1.807) is 0 Å². The minimum Gasteiger partial charge on any atom is -0.665 e. The smallest absolute Gasteiger partial charge is 0.665 e. The van der Waals surface area contributed by atoms with Crippen molar-refractivity contribution in [3.05, 3.63) is 5.32 Å². The van der Waals surface area contributed by atoms with Crippen LogP contribution >= 0.6 is 24.8 Å². The SMILES string of the molecule is CC(C)(C)[N-]C(=S)S.[Cs+]. The van der Waals surface area contributed by atoms with E-state index in [1.807, 2.05) is 20.8 Å². The molecule has 48 valence electrons. The molecule has 0 amide bonds. The Kier molecular flexibility index (Phi) is 9.05. The van der Waals surface area contributed by atoms with Crippen LogP contribution in [0, 0.1) is 0 Å². The van der Waals surface area contributed by atoms with Gasteiger partial charge < -0.3 is 5.32 Å². The van der Waals surface area contributed by atoms with Crippen molar-refractivity contribution in [1.29, 1.82) is 0 Å². The van der Waals surface area contributed by atoms with Crippen molar-refractivity contribution in [2.24, 2.45) is 0 Å². The summed E-state index contributed by atoms with van der Waals surface area (Å²) in [5.41, 5.74) is -0.0706. The van der Waals surface area contributed by atoms with Gasteiger partial charge in [0, 0.05) is 0 Å². The first-order valence-corrected chi connectivity index (χ1v) is 3.23. The minimum absolute atomic E-state index is 0. The Hall–Kier alpha value is 2.29. The van der Waals surface area contributed by atoms with E-state index in [0.29, 0.717) is 4.32 Å². The predicted molar refractivity (Wildman–Crippen MR) is 44.7 cm³/mol. The Morgan fingerprint density at radius 2 is 1.78 bits per heavy atom. The summed E-state index contributed by atoms with van der Waals surface area (Å²) >= 11 is 8.50. The Morgan fingerprint density at radius 1 is 1.44 bits per heavy atom. The number of thiocarbonyl (C=S) groups is 1. The fourth-order valence-corrected chi connectivity index (χ4v) is 0.861. The standard InChI is InChI=1S/C5H11NS2.Cs/c1-5(2,3)6-4(7)8;/h1-3H3,(H2,6,7,8);/q;+1/p-1. The Labute approximate surface area is 127 Å². The maximum absolute atomic E-state index is 4.64. The second-order valence-electron chi connectivity index (χ2n) is 2.57. The molecule has 0 rings (SSSR count). The Morgan fingerprint density at radius 3 is 1.78 bits per heavy atom. The number of hydrogen-bond donors (Lipinski definition) is 1. The van der Waals surface area contributed by atoms with Crippen molar-refractivity contribution in [2.45, 2.75) is 26.3 Å². The van der Waals surface area contributed by atoms with Crippen LogP contribution in [0.4, 0.5) is 0 Å². The fraction of sp³-hybridized carbons (Fsp3) is 0.800. The van der Waals surface area contributed by atoms with Crippen molar-refractivity contribution >= 4 is 29.2 Å². The molecule has 0 unspecified atom stereocenters. The first-order chi connectivity index (χ1) is 3.42. The van der Waals surface area contributed by atoms with E-state index in [0.717, 1.165) is 0 Å². The molecule has 0 bridgehead atoms. The molecule has 0 fully saturated rings. The number of nitrogens with zero attached hydrogens (tertiary/aromatic N) is 1. The van der Waals surface area contributed by atoms with Gasteiger partial charge in [-0.15, -0.1) is 5.54 Å². The van der Waals surface area contributed by atoms with Gasteiger partial charge in [0.25, 0.3) is 0 Å². The Bertz CT molecular complexity index is 97.6. The summed E-state index contributed by atoms with van der Waals surface area (Å²) in [4.78, 5) is 0. The van der Waals surface area contributed by atoms with Crippen LogP contribution in [0.2, 0.25) is 0 Å². The molecule has 0 saturated carbocycles. The number of thiol groups is 1. The van der Waals surface area contributed by atoms with Crippen molar-refractivity contribution in [3.8, 4) is 0 Å². The summed E-state index contributed by atoms with van der Waals surface area (Å²) in [5, 5.41) is 4.01. The van der Waals surface area contributed by atoms with E-state index >= 15 is 0 Å². The number of rotatable bonds is 0. The van der Waals surface area contributed by atoms with E-state index in [9.17, 15) is 0 Å². The fourth-order valence-electron chi connectivity index (χ4n) is 0.287. The summed E-state index contributed by atoms with van der Waals surface area (Å²) < 4.78 is 0.428. The normalized spacial score (nSPS) is 9.78. The van der Waals surface area contributed by atoms with E-state index < -0.39 is 0 Å². The van der Waals surface area contributed by atoms with Crippen molar-refractivity contribution in [2.75, 3.05) is 0 Å². The zero-order valence-electron chi connectivity index (χ0n) is 6.30. The third-order valence-corrected chi connectivity index (χ3v) is 0.622. The molecule has 0 saturated heterocycles. The maximum atomic E-state index is 4.64. The van der Waals surface area contributed by atoms with Gasteiger partial charge in [-0.25, -0.2) is 0 Å². The summed E-state index contributed by atoms with van der Waals surface area (Å²) in [7, 11) is 0. The van der Waals surface area contributed by atoms with Crippen LogP contribution in [0.3, 0.4) is 0 Å². The zero-order chi connectivity index (χ0) is 6.78. The second-order valence-corrected chi connectivity index (χ2v) is 3.68. The van der Waals surface area contributed by atoms with Gasteiger partial charge in [-0.1, -0.05) is 33.0 Å². The van der Waals surface area contributed by atoms with Crippen LogP contribution in [0.1, 0.15) is 20.8 Å². The van der Waals surface area contributed by atoms with E-state index in [-0.39, 0.29) is 74.4 Å². The average molecular weight is 281 g/mol. The van der Waals surface area contributed by atoms with Crippen molar-refractivity contribution in [3.63, 3.8) is 0 Å². The third-order valence-electron chi connectivity index (χ3n) is 0.431. The second kappa shape index (κ2) is 5.88. The van der Waals surface area contributed by atoms with Gasteiger partial charge in [-0.2, -0.15) is 12.6 Å². The molecule has 0 heterocycles. The van der Waals surface area contributed by atoms with Crippen LogP contribution in [-0.2, 0) is 0 Å². The van der Waals surface area contributed by atoms with Crippen LogP contribution in [-0.4, -0.2) is 9.86 Å². The predicted octanol–water partition coefficient (Wildman–Crippen LogP) is -0.623. The third kappa shape index (κ3) is 13.3. The molecule has 0 aliphatic rings. The molecule has 0 radical (unpaired) electrons.